The van der Waals surface area contributed by atoms with Crippen LogP contribution in [0.1, 0.15) is 0 Å². The van der Waals surface area contributed by atoms with Crippen LogP contribution in [0.25, 0.3) is 0 Å². The van der Waals surface area contributed by atoms with E-state index in [1.807, 2.05) is 0 Å². The number of rotatable bonds is 2. The number of hydrogen-bond acceptors (Lipinski definition) is 4. The molecule has 0 amide bonds. The third-order valence-corrected chi connectivity index (χ3v) is 4.65. The highest BCUT2D eigenvalue weighted by molar-refractivity contribution is 7.87. The Morgan fingerprint density at radius 3 is 2.87 bits per heavy atom. The molecule has 0 spiro atoms. The van der Waals surface area contributed by atoms with E-state index < -0.39 is 22.7 Å². The Bertz CT molecular complexity index is 368. The first-order valence-corrected chi connectivity index (χ1v) is 6.11. The third kappa shape index (κ3) is 1.85. The van der Waals surface area contributed by atoms with E-state index in [1.165, 1.54) is 4.31 Å². The molecule has 1 atom stereocenters. The minimum absolute atomic E-state index is 0.122. The topological polar surface area (TPSA) is 89.9 Å². The molecule has 2 aliphatic heterocycles. The summed E-state index contributed by atoms with van der Waals surface area (Å²) in [4.78, 5) is 10.5. The first-order valence-electron chi connectivity index (χ1n) is 4.71. The van der Waals surface area contributed by atoms with E-state index >= 15 is 0 Å². The minimum atomic E-state index is -3.54. The molecule has 86 valence electrons. The Morgan fingerprint density at radius 2 is 2.27 bits per heavy atom. The van der Waals surface area contributed by atoms with Crippen LogP contribution in [0.15, 0.2) is 0 Å². The van der Waals surface area contributed by atoms with Gasteiger partial charge in [0, 0.05) is 26.2 Å². The number of carboxylic acid groups (broad SMARTS) is 1. The minimum Gasteiger partial charge on any atom is -0.480 e. The predicted molar refractivity (Wildman–Crippen MR) is 51.5 cm³/mol. The summed E-state index contributed by atoms with van der Waals surface area (Å²) in [6.45, 7) is 1.45. The molecule has 1 unspecified atom stereocenters. The Hall–Kier alpha value is -0.700. The molecular weight excluding hydrogens is 222 g/mol. The SMILES string of the molecule is O=C(O)CN1CC2CNCCN2S1(=O)=O. The second kappa shape index (κ2) is 3.71. The molecule has 15 heavy (non-hydrogen) atoms. The Kier molecular flexibility index (Phi) is 2.67. The Labute approximate surface area is 87.8 Å². The summed E-state index contributed by atoms with van der Waals surface area (Å²) >= 11 is 0. The number of carbonyl (C=O) groups is 1. The zero-order chi connectivity index (χ0) is 11.1. The smallest absolute Gasteiger partial charge is 0.318 e. The summed E-state index contributed by atoms with van der Waals surface area (Å²) in [5.41, 5.74) is 0. The first kappa shape index (κ1) is 10.8. The van der Waals surface area contributed by atoms with Crippen molar-refractivity contribution in [2.75, 3.05) is 32.7 Å². The van der Waals surface area contributed by atoms with E-state index in [4.69, 9.17) is 5.11 Å². The number of nitrogens with one attached hydrogen (secondary N) is 1. The van der Waals surface area contributed by atoms with Gasteiger partial charge in [-0.2, -0.15) is 17.0 Å². The van der Waals surface area contributed by atoms with Crippen molar-refractivity contribution in [3.8, 4) is 0 Å². The lowest BCUT2D eigenvalue weighted by Crippen LogP contribution is -2.50. The second-order valence-corrected chi connectivity index (χ2v) is 5.54. The van der Waals surface area contributed by atoms with Crippen LogP contribution in [0.2, 0.25) is 0 Å². The molecule has 2 aliphatic rings. The second-order valence-electron chi connectivity index (χ2n) is 3.66. The molecule has 2 fully saturated rings. The van der Waals surface area contributed by atoms with Gasteiger partial charge in [-0.1, -0.05) is 0 Å². The highest BCUT2D eigenvalue weighted by Crippen LogP contribution is 2.22. The molecule has 8 heteroatoms. The van der Waals surface area contributed by atoms with Crippen LogP contribution in [0.3, 0.4) is 0 Å². The first-order chi connectivity index (χ1) is 7.01. The average molecular weight is 235 g/mol. The van der Waals surface area contributed by atoms with Crippen LogP contribution in [0.5, 0.6) is 0 Å². The number of carboxylic acids is 1. The maximum absolute atomic E-state index is 11.8. The standard InChI is InChI=1S/C7H13N3O4S/c11-7(12)5-9-4-6-3-8-1-2-10(6)15(9,13)14/h6,8H,1-5H2,(H,11,12). The van der Waals surface area contributed by atoms with E-state index in [2.05, 4.69) is 5.32 Å². The maximum Gasteiger partial charge on any atom is 0.318 e. The molecule has 0 bridgehead atoms. The highest BCUT2D eigenvalue weighted by Gasteiger charge is 2.45. The van der Waals surface area contributed by atoms with Gasteiger partial charge in [-0.05, 0) is 0 Å². The van der Waals surface area contributed by atoms with Crippen molar-refractivity contribution < 1.29 is 18.3 Å². The van der Waals surface area contributed by atoms with Crippen molar-refractivity contribution in [1.82, 2.24) is 13.9 Å². The van der Waals surface area contributed by atoms with Crippen LogP contribution in [0.4, 0.5) is 0 Å². The summed E-state index contributed by atoms with van der Waals surface area (Å²) < 4.78 is 26.0. The number of hydrogen-bond donors (Lipinski definition) is 2. The van der Waals surface area contributed by atoms with E-state index in [0.717, 1.165) is 4.31 Å². The molecule has 2 saturated heterocycles. The molecule has 0 aromatic rings. The van der Waals surface area contributed by atoms with Gasteiger partial charge in [0.25, 0.3) is 10.2 Å². The molecule has 7 nitrogen and oxygen atoms in total. The molecule has 0 radical (unpaired) electrons. The molecule has 0 saturated carbocycles. The van der Waals surface area contributed by atoms with Crippen molar-refractivity contribution in [2.45, 2.75) is 6.04 Å². The Balaban J connectivity index is 2.19. The zero-order valence-corrected chi connectivity index (χ0v) is 8.90. The van der Waals surface area contributed by atoms with Gasteiger partial charge >= 0.3 is 5.97 Å². The van der Waals surface area contributed by atoms with Gasteiger partial charge < -0.3 is 10.4 Å². The van der Waals surface area contributed by atoms with Gasteiger partial charge in [0.15, 0.2) is 0 Å². The molecule has 0 aromatic carbocycles. The summed E-state index contributed by atoms with van der Waals surface area (Å²) in [6, 6.07) is -0.122. The van der Waals surface area contributed by atoms with Crippen molar-refractivity contribution in [1.29, 1.82) is 0 Å². The molecule has 2 heterocycles. The van der Waals surface area contributed by atoms with Crippen LogP contribution < -0.4 is 5.32 Å². The predicted octanol–water partition coefficient (Wildman–Crippen LogP) is -2.09. The molecule has 0 aliphatic carbocycles. The van der Waals surface area contributed by atoms with Gasteiger partial charge in [-0.3, -0.25) is 4.79 Å². The van der Waals surface area contributed by atoms with E-state index in [9.17, 15) is 13.2 Å². The molecule has 2 rings (SSSR count). The van der Waals surface area contributed by atoms with E-state index in [1.54, 1.807) is 0 Å². The van der Waals surface area contributed by atoms with Gasteiger partial charge in [0.1, 0.15) is 6.54 Å². The lowest BCUT2D eigenvalue weighted by Gasteiger charge is -2.27. The normalized spacial score (nSPS) is 31.3. The quantitative estimate of drug-likeness (QED) is 0.572. The number of aliphatic carboxylic acids is 1. The average Bonchev–Trinajstić information content (AvgIpc) is 2.39. The number of fused-ring (bicyclic) bond motifs is 1. The van der Waals surface area contributed by atoms with Crippen molar-refractivity contribution in [3.63, 3.8) is 0 Å². The monoisotopic (exact) mass is 235 g/mol. The molecular formula is C7H13N3O4S. The Morgan fingerprint density at radius 1 is 1.53 bits per heavy atom. The van der Waals surface area contributed by atoms with Crippen LogP contribution in [0, 0.1) is 0 Å². The van der Waals surface area contributed by atoms with E-state index in [0.29, 0.717) is 19.6 Å². The fourth-order valence-electron chi connectivity index (χ4n) is 1.98. The van der Waals surface area contributed by atoms with E-state index in [-0.39, 0.29) is 12.6 Å². The molecule has 2 N–H and O–H groups in total. The van der Waals surface area contributed by atoms with Gasteiger partial charge in [0.05, 0.1) is 6.04 Å². The number of piperazine rings is 1. The van der Waals surface area contributed by atoms with Gasteiger partial charge in [-0.15, -0.1) is 0 Å². The zero-order valence-electron chi connectivity index (χ0n) is 8.09. The molecule has 0 aromatic heterocycles. The largest absolute Gasteiger partial charge is 0.480 e. The lowest BCUT2D eigenvalue weighted by atomic mass is 10.2. The third-order valence-electron chi connectivity index (χ3n) is 2.64. The fraction of sp³-hybridized carbons (Fsp3) is 0.857. The lowest BCUT2D eigenvalue weighted by molar-refractivity contribution is -0.137. The van der Waals surface area contributed by atoms with Crippen molar-refractivity contribution >= 4 is 16.2 Å². The van der Waals surface area contributed by atoms with Crippen LogP contribution in [-0.2, 0) is 15.0 Å². The van der Waals surface area contributed by atoms with Crippen LogP contribution in [-0.4, -0.2) is 66.9 Å². The summed E-state index contributed by atoms with van der Waals surface area (Å²) in [7, 11) is -3.54. The summed E-state index contributed by atoms with van der Waals surface area (Å²) in [6.07, 6.45) is 0. The maximum atomic E-state index is 11.8. The summed E-state index contributed by atoms with van der Waals surface area (Å²) in [5.74, 6) is -1.12. The van der Waals surface area contributed by atoms with Crippen molar-refractivity contribution in [2.24, 2.45) is 0 Å². The summed E-state index contributed by atoms with van der Waals surface area (Å²) in [5, 5.41) is 11.7. The highest BCUT2D eigenvalue weighted by atomic mass is 32.2. The van der Waals surface area contributed by atoms with Crippen molar-refractivity contribution in [3.05, 3.63) is 0 Å². The number of nitrogens with zero attached hydrogens (tertiary/aromatic N) is 2. The van der Waals surface area contributed by atoms with Crippen LogP contribution >= 0.6 is 0 Å². The van der Waals surface area contributed by atoms with Gasteiger partial charge in [0.2, 0.25) is 0 Å². The fourth-order valence-corrected chi connectivity index (χ4v) is 3.75. The van der Waals surface area contributed by atoms with Gasteiger partial charge in [-0.25, -0.2) is 0 Å².